The first-order valence-electron chi connectivity index (χ1n) is 12.4. The van der Waals surface area contributed by atoms with Crippen molar-refractivity contribution in [1.29, 1.82) is 0 Å². The van der Waals surface area contributed by atoms with E-state index in [9.17, 15) is 14.1 Å². The van der Waals surface area contributed by atoms with Crippen LogP contribution in [0.2, 0.25) is 0 Å². The molecule has 1 unspecified atom stereocenters. The number of carbonyl (C=O) groups excluding carboxylic acids is 1. The summed E-state index contributed by atoms with van der Waals surface area (Å²) in [4.78, 5) is 13.1. The number of hydrogen-bond donors (Lipinski definition) is 2. The molecule has 31 heavy (non-hydrogen) atoms. The number of terminal acetylenes is 1. The molecule has 4 aliphatic rings. The molecule has 0 spiro atoms. The van der Waals surface area contributed by atoms with Crippen molar-refractivity contribution < 1.29 is 19.2 Å². The van der Waals surface area contributed by atoms with E-state index in [4.69, 9.17) is 11.5 Å². The van der Waals surface area contributed by atoms with Gasteiger partial charge in [-0.15, -0.1) is 6.42 Å². The van der Waals surface area contributed by atoms with Crippen molar-refractivity contribution in [3.05, 3.63) is 0 Å². The van der Waals surface area contributed by atoms with Crippen molar-refractivity contribution in [3.8, 4) is 12.3 Å². The summed E-state index contributed by atoms with van der Waals surface area (Å²) in [6.07, 6.45) is 15.3. The monoisotopic (exact) mass is 448 g/mol. The molecule has 0 bridgehead atoms. The molecule has 5 heteroatoms. The average molecular weight is 449 g/mol. The summed E-state index contributed by atoms with van der Waals surface area (Å²) in [5.41, 5.74) is -0.630. The lowest BCUT2D eigenvalue weighted by atomic mass is 9.44. The minimum Gasteiger partial charge on any atom is -0.396 e. The number of hydrogen-bond acceptors (Lipinski definition) is 4. The van der Waals surface area contributed by atoms with Gasteiger partial charge in [-0.1, -0.05) is 19.8 Å². The molecule has 0 aromatic carbocycles. The second kappa shape index (κ2) is 8.58. The van der Waals surface area contributed by atoms with E-state index >= 15 is 0 Å². The van der Waals surface area contributed by atoms with Crippen molar-refractivity contribution >= 4 is 16.6 Å². The number of aliphatic hydroxyl groups is 2. The van der Waals surface area contributed by atoms with Crippen molar-refractivity contribution in [1.82, 2.24) is 0 Å². The van der Waals surface area contributed by atoms with Crippen LogP contribution in [0.15, 0.2) is 0 Å². The van der Waals surface area contributed by atoms with E-state index in [0.29, 0.717) is 42.3 Å². The number of rotatable bonds is 6. The van der Waals surface area contributed by atoms with Crippen molar-refractivity contribution in [2.45, 2.75) is 83.7 Å². The highest BCUT2D eigenvalue weighted by molar-refractivity contribution is 7.85. The molecule has 4 fully saturated rings. The number of aliphatic hydroxyl groups excluding tert-OH is 1. The Labute approximate surface area is 190 Å². The van der Waals surface area contributed by atoms with Crippen LogP contribution < -0.4 is 0 Å². The van der Waals surface area contributed by atoms with Gasteiger partial charge in [-0.25, -0.2) is 0 Å². The van der Waals surface area contributed by atoms with Gasteiger partial charge in [0.1, 0.15) is 11.4 Å². The average Bonchev–Trinajstić information content (AvgIpc) is 3.10. The fourth-order valence-corrected chi connectivity index (χ4v) is 9.58. The summed E-state index contributed by atoms with van der Waals surface area (Å²) in [6.45, 7) is 4.83. The number of fused-ring (bicyclic) bond motifs is 5. The van der Waals surface area contributed by atoms with E-state index < -0.39 is 16.4 Å². The van der Waals surface area contributed by atoms with E-state index in [1.54, 1.807) is 0 Å². The second-order valence-electron chi connectivity index (χ2n) is 11.5. The molecular weight excluding hydrogens is 408 g/mol. The van der Waals surface area contributed by atoms with Crippen LogP contribution in [0.1, 0.15) is 78.1 Å². The van der Waals surface area contributed by atoms with Crippen LogP contribution in [0, 0.1) is 52.8 Å². The van der Waals surface area contributed by atoms with Crippen molar-refractivity contribution in [2.24, 2.45) is 40.4 Å². The largest absolute Gasteiger partial charge is 0.396 e. The Balaban J connectivity index is 1.48. The first-order valence-corrected chi connectivity index (χ1v) is 13.8. The zero-order valence-electron chi connectivity index (χ0n) is 19.3. The van der Waals surface area contributed by atoms with Gasteiger partial charge in [0.2, 0.25) is 0 Å². The molecule has 174 valence electrons. The molecule has 0 saturated heterocycles. The predicted octanol–water partition coefficient (Wildman–Crippen LogP) is 3.71. The van der Waals surface area contributed by atoms with Gasteiger partial charge in [-0.2, -0.15) is 0 Å². The fraction of sp³-hybridized carbons (Fsp3) is 0.885. The summed E-state index contributed by atoms with van der Waals surface area (Å²) < 4.78 is 12.3. The summed E-state index contributed by atoms with van der Waals surface area (Å²) in [5, 5.41) is 19.7. The van der Waals surface area contributed by atoms with Crippen molar-refractivity contribution in [2.75, 3.05) is 18.1 Å². The third kappa shape index (κ3) is 3.96. The van der Waals surface area contributed by atoms with Crippen LogP contribution in [-0.4, -0.2) is 43.9 Å². The SMILES string of the molecule is C#C[C@@]1(O)CC[C@@]2(C)[C@H](CC[C@@H]3[C@@H]2CC[C@]2(C)[C@@H](C(=O)CS(=O)CCCO)CC[C@@H]32)C1. The normalized spacial score (nSPS) is 47.5. The van der Waals surface area contributed by atoms with Crippen LogP contribution in [0.5, 0.6) is 0 Å². The van der Waals surface area contributed by atoms with Gasteiger partial charge < -0.3 is 10.2 Å². The maximum absolute atomic E-state index is 13.1. The smallest absolute Gasteiger partial charge is 0.148 e. The molecular formula is C26H40O4S. The van der Waals surface area contributed by atoms with Gasteiger partial charge in [0, 0.05) is 29.1 Å². The van der Waals surface area contributed by atoms with Crippen LogP contribution >= 0.6 is 0 Å². The third-order valence-corrected chi connectivity index (χ3v) is 11.6. The lowest BCUT2D eigenvalue weighted by Crippen LogP contribution is -2.56. The maximum Gasteiger partial charge on any atom is 0.148 e. The first kappa shape index (κ1) is 23.5. The quantitative estimate of drug-likeness (QED) is 0.608. The van der Waals surface area contributed by atoms with Crippen LogP contribution in [0.3, 0.4) is 0 Å². The van der Waals surface area contributed by atoms with Gasteiger partial charge in [0.15, 0.2) is 0 Å². The van der Waals surface area contributed by atoms with E-state index in [0.717, 1.165) is 44.9 Å². The molecule has 4 aliphatic carbocycles. The summed E-state index contributed by atoms with van der Waals surface area (Å²) in [5.74, 6) is 5.89. The second-order valence-corrected chi connectivity index (χ2v) is 13.1. The standard InChI is InChI=1S/C26H40O4S/c1-4-26(29)13-12-24(2)18(16-26)6-7-19-20-8-9-22(25(20,3)11-10-21(19)24)23(28)17-31(30)15-5-14-27/h1,18-22,27,29H,5-17H2,2-3H3/t18-,19+,20+,21+,22-,24+,25+,26-,31?/m1/s1. The minimum atomic E-state index is -1.15. The van der Waals surface area contributed by atoms with Gasteiger partial charge in [-0.05, 0) is 98.7 Å². The van der Waals surface area contributed by atoms with E-state index in [2.05, 4.69) is 19.8 Å². The predicted molar refractivity (Wildman–Crippen MR) is 124 cm³/mol. The summed E-state index contributed by atoms with van der Waals surface area (Å²) >= 11 is 0. The topological polar surface area (TPSA) is 74.6 Å². The molecule has 0 aromatic heterocycles. The first-order chi connectivity index (χ1) is 14.7. The molecule has 0 radical (unpaired) electrons. The molecule has 9 atom stereocenters. The van der Waals surface area contributed by atoms with E-state index in [1.807, 2.05) is 0 Å². The van der Waals surface area contributed by atoms with Crippen LogP contribution in [0.4, 0.5) is 0 Å². The van der Waals surface area contributed by atoms with Gasteiger partial charge in [-0.3, -0.25) is 9.00 Å². The number of ketones is 1. The highest BCUT2D eigenvalue weighted by atomic mass is 32.2. The summed E-state index contributed by atoms with van der Waals surface area (Å²) in [7, 11) is -1.15. The molecule has 2 N–H and O–H groups in total. The number of carbonyl (C=O) groups is 1. The van der Waals surface area contributed by atoms with E-state index in [-0.39, 0.29) is 34.9 Å². The Hall–Kier alpha value is -0.700. The fourth-order valence-electron chi connectivity index (χ4n) is 8.46. The van der Waals surface area contributed by atoms with Crippen LogP contribution in [-0.2, 0) is 15.6 Å². The molecule has 4 saturated carbocycles. The zero-order valence-corrected chi connectivity index (χ0v) is 20.1. The molecule has 0 heterocycles. The summed E-state index contributed by atoms with van der Waals surface area (Å²) in [6, 6.07) is 0. The highest BCUT2D eigenvalue weighted by Crippen LogP contribution is 2.68. The van der Waals surface area contributed by atoms with Crippen molar-refractivity contribution in [3.63, 3.8) is 0 Å². The molecule has 4 nitrogen and oxygen atoms in total. The lowest BCUT2D eigenvalue weighted by molar-refractivity contribution is -0.144. The molecule has 0 aromatic rings. The van der Waals surface area contributed by atoms with Crippen LogP contribution in [0.25, 0.3) is 0 Å². The van der Waals surface area contributed by atoms with Gasteiger partial charge in [0.05, 0.1) is 5.75 Å². The molecule has 0 aliphatic heterocycles. The Kier molecular flexibility index (Phi) is 6.49. The third-order valence-electron chi connectivity index (χ3n) is 10.2. The lowest BCUT2D eigenvalue weighted by Gasteiger charge is -2.61. The highest BCUT2D eigenvalue weighted by Gasteiger charge is 2.62. The van der Waals surface area contributed by atoms with Gasteiger partial charge >= 0.3 is 0 Å². The Morgan fingerprint density at radius 3 is 2.52 bits per heavy atom. The Bertz CT molecular complexity index is 774. The Morgan fingerprint density at radius 2 is 1.81 bits per heavy atom. The minimum absolute atomic E-state index is 0.0325. The molecule has 4 rings (SSSR count). The Morgan fingerprint density at radius 1 is 1.06 bits per heavy atom. The maximum atomic E-state index is 13.1. The zero-order chi connectivity index (χ0) is 22.4. The molecule has 0 amide bonds. The van der Waals surface area contributed by atoms with Gasteiger partial charge in [0.25, 0.3) is 0 Å². The number of Topliss-reactive ketones (excluding diaryl/α,β-unsaturated/α-hetero) is 1. The van der Waals surface area contributed by atoms with E-state index in [1.165, 1.54) is 6.42 Å².